The second kappa shape index (κ2) is 35.7. The Morgan fingerprint density at radius 1 is 0.434 bits per heavy atom. The van der Waals surface area contributed by atoms with Crippen LogP contribution in [-0.2, 0) is 41.4 Å². The van der Waals surface area contributed by atoms with Gasteiger partial charge in [0, 0.05) is 67.6 Å². The molecule has 6 heterocycles. The van der Waals surface area contributed by atoms with Gasteiger partial charge < -0.3 is 32.5 Å². The SMILES string of the molecule is COc1cc(C2CC(F)(C(F)(F)F)C2)c(Cl)cc1-n1c(=O)ccc2cc(S(=O)(=O)Nc3ccon3)ccc21.COc1cc(C2CC(F)(C(F)(F)F)C2)c(Cl)cc1-n1c(=O)ccc2cc(S(=O)(=O)Nc3ccon3)ccc21.COc1ccc(CN(c2ccon2)S(=O)(=O)c2ccc3c(ccc(=O)n3-c3cc(Cl)c(C4CC(F)(C(F)(F)F)C4)cc3OC)c2)cc1.O=CC(F)(F)F. The van der Waals surface area contributed by atoms with E-state index in [1.54, 1.807) is 24.3 Å². The highest BCUT2D eigenvalue weighted by atomic mass is 35.5. The number of hydrogen-bond donors (Lipinski definition) is 2. The Hall–Kier alpha value is -12.3. The molecule has 26 nitrogen and oxygen atoms in total. The molecule has 7 aromatic carbocycles. The maximum atomic E-state index is 14.3. The highest BCUT2D eigenvalue weighted by molar-refractivity contribution is 7.93. The zero-order valence-corrected chi connectivity index (χ0v) is 71.0. The van der Waals surface area contributed by atoms with Gasteiger partial charge in [-0.15, -0.1) is 0 Å². The minimum Gasteiger partial charge on any atom is -0.497 e. The van der Waals surface area contributed by atoms with E-state index in [1.807, 2.05) is 0 Å². The molecular weight excluding hydrogens is 1870 g/mol. The van der Waals surface area contributed by atoms with Crippen LogP contribution in [0.15, 0.2) is 231 Å². The number of rotatable bonds is 21. The molecule has 6 aromatic heterocycles. The number of anilines is 3. The number of halogens is 18. The molecule has 16 rings (SSSR count). The lowest BCUT2D eigenvalue weighted by atomic mass is 9.68. The summed E-state index contributed by atoms with van der Waals surface area (Å²) in [6, 6.07) is 39.5. The van der Waals surface area contributed by atoms with Gasteiger partial charge in [-0.2, -0.15) is 52.7 Å². The first-order valence-corrected chi connectivity index (χ1v) is 42.8. The molecule has 2 N–H and O–H groups in total. The predicted molar refractivity (Wildman–Crippen MR) is 439 cm³/mol. The second-order valence-electron chi connectivity index (χ2n) is 29.4. The molecule has 3 aliphatic rings. The lowest BCUT2D eigenvalue weighted by Gasteiger charge is -2.42. The van der Waals surface area contributed by atoms with E-state index in [4.69, 9.17) is 63.1 Å². The fourth-order valence-electron chi connectivity index (χ4n) is 14.6. The highest BCUT2D eigenvalue weighted by Gasteiger charge is 2.66. The van der Waals surface area contributed by atoms with E-state index < -0.39 is 151 Å². The summed E-state index contributed by atoms with van der Waals surface area (Å²) in [6.07, 6.45) is -21.6. The third-order valence-corrected chi connectivity index (χ3v) is 26.8. The summed E-state index contributed by atoms with van der Waals surface area (Å²) >= 11 is 19.3. The first kappa shape index (κ1) is 94.4. The molecule has 3 saturated carbocycles. The normalized spacial score (nSPS) is 18.8. The molecule has 129 heavy (non-hydrogen) atoms. The van der Waals surface area contributed by atoms with Gasteiger partial charge in [-0.3, -0.25) is 42.3 Å². The average molecular weight is 1930 g/mol. The van der Waals surface area contributed by atoms with Gasteiger partial charge in [-0.1, -0.05) is 62.4 Å². The number of nitrogens with zero attached hydrogens (tertiary/aromatic N) is 7. The van der Waals surface area contributed by atoms with Crippen LogP contribution in [0, 0.1) is 0 Å². The number of sulfonamides is 3. The third kappa shape index (κ3) is 19.3. The molecule has 682 valence electrons. The van der Waals surface area contributed by atoms with Crippen molar-refractivity contribution in [1.82, 2.24) is 29.2 Å². The number of carbonyl (C=O) groups excluding carboxylic acids is 1. The summed E-state index contributed by atoms with van der Waals surface area (Å²) in [7, 11) is -6.84. The minimum absolute atomic E-state index is 0.0127. The molecule has 0 aliphatic heterocycles. The van der Waals surface area contributed by atoms with Gasteiger partial charge in [-0.05, 0) is 200 Å². The topological polar surface area (TPSA) is 328 Å². The Kier molecular flexibility index (Phi) is 26.1. The van der Waals surface area contributed by atoms with Crippen molar-refractivity contribution in [2.24, 2.45) is 0 Å². The van der Waals surface area contributed by atoms with Crippen molar-refractivity contribution < 1.29 is 128 Å². The molecular formula is C82H63Cl3F15N9O17S3. The van der Waals surface area contributed by atoms with E-state index in [-0.39, 0.29) is 105 Å². The summed E-state index contributed by atoms with van der Waals surface area (Å²) in [5, 5.41) is 12.1. The van der Waals surface area contributed by atoms with Crippen LogP contribution >= 0.6 is 34.8 Å². The predicted octanol–water partition coefficient (Wildman–Crippen LogP) is 19.1. The van der Waals surface area contributed by atoms with Crippen molar-refractivity contribution in [3.8, 4) is 40.1 Å². The van der Waals surface area contributed by atoms with E-state index in [9.17, 15) is 105 Å². The first-order valence-electron chi connectivity index (χ1n) is 37.3. The van der Waals surface area contributed by atoms with Gasteiger partial charge in [0.15, 0.2) is 17.5 Å². The smallest absolute Gasteiger partial charge is 0.446 e. The number of aldehydes is 1. The molecule has 0 unspecified atom stereocenters. The first-order chi connectivity index (χ1) is 60.5. The number of methoxy groups -OCH3 is 4. The van der Waals surface area contributed by atoms with Crippen LogP contribution in [0.2, 0.25) is 15.1 Å². The molecule has 0 spiro atoms. The molecule has 47 heteroatoms. The van der Waals surface area contributed by atoms with Crippen molar-refractivity contribution in [3.63, 3.8) is 0 Å². The molecule has 0 amide bonds. The second-order valence-corrected chi connectivity index (χ2v) is 35.8. The van der Waals surface area contributed by atoms with E-state index in [1.165, 1.54) is 207 Å². The van der Waals surface area contributed by atoms with Gasteiger partial charge in [0.1, 0.15) is 41.8 Å². The number of carbonyl (C=O) groups is 1. The number of hydrogen-bond acceptors (Lipinski definition) is 20. The third-order valence-electron chi connectivity index (χ3n) is 21.3. The maximum Gasteiger partial charge on any atom is 0.446 e. The monoisotopic (exact) mass is 1930 g/mol. The van der Waals surface area contributed by atoms with Gasteiger partial charge >= 0.3 is 24.7 Å². The van der Waals surface area contributed by atoms with Crippen molar-refractivity contribution in [3.05, 3.63) is 257 Å². The van der Waals surface area contributed by atoms with Crippen LogP contribution in [-0.4, -0.2) is 131 Å². The highest BCUT2D eigenvalue weighted by Crippen LogP contribution is 2.60. The van der Waals surface area contributed by atoms with Crippen LogP contribution in [0.4, 0.5) is 83.3 Å². The summed E-state index contributed by atoms with van der Waals surface area (Å²) in [5.74, 6) is -1.41. The van der Waals surface area contributed by atoms with Crippen LogP contribution in [0.25, 0.3) is 49.8 Å². The van der Waals surface area contributed by atoms with Crippen LogP contribution in [0.3, 0.4) is 0 Å². The Balaban J connectivity index is 0.000000161. The fraction of sp³-hybridized carbons (Fsp3) is 0.256. The van der Waals surface area contributed by atoms with Crippen molar-refractivity contribution in [2.45, 2.75) is 119 Å². The average Bonchev–Trinajstić information content (AvgIpc) is 1.28. The zero-order chi connectivity index (χ0) is 93.8. The Bertz CT molecular complexity index is 6720. The summed E-state index contributed by atoms with van der Waals surface area (Å²) in [4.78, 5) is 47.5. The number of ether oxygens (including phenoxy) is 4. The zero-order valence-electron chi connectivity index (χ0n) is 66.3. The molecule has 13 aromatic rings. The lowest BCUT2D eigenvalue weighted by molar-refractivity contribution is -0.260. The van der Waals surface area contributed by atoms with E-state index in [2.05, 4.69) is 34.0 Å². The molecule has 3 fully saturated rings. The van der Waals surface area contributed by atoms with Crippen molar-refractivity contribution >= 4 is 121 Å². The van der Waals surface area contributed by atoms with E-state index >= 15 is 0 Å². The molecule has 0 atom stereocenters. The Labute approximate surface area is 733 Å². The molecule has 3 aliphatic carbocycles. The largest absolute Gasteiger partial charge is 0.497 e. The van der Waals surface area contributed by atoms with Crippen LogP contribution in [0.1, 0.15) is 78.5 Å². The number of nitrogens with one attached hydrogen (secondary N) is 2. The number of pyridine rings is 3. The van der Waals surface area contributed by atoms with E-state index in [0.717, 1.165) is 4.31 Å². The standard InChI is InChI=1S/C32H26ClF4N3O6S.2C24H18ClF4N3O5S.C2HF3O/c1-44-22-6-3-19(4-7-22)18-39(29-11-12-46-38-29)47(42,43)23-8-9-26-20(13-23)5-10-30(41)40(26)27-15-25(33)24(14-28(27)45-2)21-16-31(34,17-21)32(35,36)37;2*1-36-20-9-16(14-11-23(26,12-14)24(27,28)29)17(25)10-19(20)32-18-4-3-15(8-13(18)2-5-22(32)33)38(34,35)31-21-6-7-37-30-21;3-2(4,5)1-6/h3-15,21H,16-18H2,1-2H3;2*2-10,14H,11-12H2,1H3,(H,30,31);1H. The Morgan fingerprint density at radius 2 is 0.752 bits per heavy atom. The molecule has 0 saturated heterocycles. The summed E-state index contributed by atoms with van der Waals surface area (Å²) in [6.45, 7) is -0.0774. The fourth-order valence-corrected chi connectivity index (χ4v) is 19.1. The van der Waals surface area contributed by atoms with Gasteiger partial charge in [-0.25, -0.2) is 42.7 Å². The number of alkyl halides is 15. The summed E-state index contributed by atoms with van der Waals surface area (Å²) < 4.78 is 315. The van der Waals surface area contributed by atoms with Gasteiger partial charge in [0.05, 0.1) is 83.3 Å². The number of benzene rings is 7. The van der Waals surface area contributed by atoms with Gasteiger partial charge in [0.2, 0.25) is 23.3 Å². The lowest BCUT2D eigenvalue weighted by Crippen LogP contribution is -2.50. The number of fused-ring (bicyclic) bond motifs is 3. The minimum atomic E-state index is -5.00. The van der Waals surface area contributed by atoms with Crippen LogP contribution < -0.4 is 49.4 Å². The quantitative estimate of drug-likeness (QED) is 0.0498. The van der Waals surface area contributed by atoms with Gasteiger partial charge in [0.25, 0.3) is 46.7 Å². The molecule has 0 bridgehead atoms. The van der Waals surface area contributed by atoms with Crippen LogP contribution in [0.5, 0.6) is 23.0 Å². The maximum absolute atomic E-state index is 14.3. The van der Waals surface area contributed by atoms with Crippen molar-refractivity contribution in [2.75, 3.05) is 42.2 Å². The molecule has 0 radical (unpaired) electrons. The van der Waals surface area contributed by atoms with Crippen molar-refractivity contribution in [1.29, 1.82) is 0 Å². The van der Waals surface area contributed by atoms with E-state index in [0.29, 0.717) is 44.0 Å². The Morgan fingerprint density at radius 3 is 1.04 bits per heavy atom. The summed E-state index contributed by atoms with van der Waals surface area (Å²) in [5.41, 5.74) is -8.49. The number of aromatic nitrogens is 6.